The van der Waals surface area contributed by atoms with Gasteiger partial charge in [0.05, 0.1) is 10.2 Å². The number of benzene rings is 2. The summed E-state index contributed by atoms with van der Waals surface area (Å²) in [7, 11) is 0. The molecule has 3 aromatic rings. The number of rotatable bonds is 5. The lowest BCUT2D eigenvalue weighted by Gasteiger charge is -2.16. The van der Waals surface area contributed by atoms with E-state index in [0.29, 0.717) is 11.6 Å². The highest BCUT2D eigenvalue weighted by Crippen LogP contribution is 2.26. The smallest absolute Gasteiger partial charge is 0.312 e. The summed E-state index contributed by atoms with van der Waals surface area (Å²) in [5.74, 6) is -0.349. The molecular weight excluding hydrogens is 336 g/mol. The van der Waals surface area contributed by atoms with E-state index in [-0.39, 0.29) is 5.91 Å². The summed E-state index contributed by atoms with van der Waals surface area (Å²) in [5.41, 5.74) is 8.10. The number of nitrogens with two attached hydrogens (primary N) is 1. The molecule has 0 spiro atoms. The Hall–Kier alpha value is -2.93. The highest BCUT2D eigenvalue weighted by atomic mass is 32.1. The maximum Gasteiger partial charge on any atom is 0.312 e. The summed E-state index contributed by atoms with van der Waals surface area (Å²) in [5, 5.41) is 5.76. The number of thiazole rings is 1. The largest absolute Gasteiger partial charge is 0.352 e. The first-order valence-electron chi connectivity index (χ1n) is 7.79. The van der Waals surface area contributed by atoms with Gasteiger partial charge in [0, 0.05) is 6.42 Å². The molecule has 128 valence electrons. The molecule has 25 heavy (non-hydrogen) atoms. The summed E-state index contributed by atoms with van der Waals surface area (Å²) in [6, 6.07) is 13.8. The van der Waals surface area contributed by atoms with Crippen molar-refractivity contribution in [2.75, 3.05) is 5.32 Å². The van der Waals surface area contributed by atoms with Gasteiger partial charge in [-0.2, -0.15) is 0 Å². The molecular formula is C18H18N4O2S. The average Bonchev–Trinajstić information content (AvgIpc) is 2.96. The molecule has 0 unspecified atom stereocenters. The van der Waals surface area contributed by atoms with Crippen LogP contribution in [-0.4, -0.2) is 23.0 Å². The first-order chi connectivity index (χ1) is 12.0. The predicted molar refractivity (Wildman–Crippen MR) is 99.6 cm³/mol. The Morgan fingerprint density at radius 3 is 2.68 bits per heavy atom. The van der Waals surface area contributed by atoms with E-state index < -0.39 is 12.1 Å². The number of primary amides is 1. The van der Waals surface area contributed by atoms with Crippen LogP contribution in [0, 0.1) is 6.92 Å². The van der Waals surface area contributed by atoms with Crippen molar-refractivity contribution in [3.63, 3.8) is 0 Å². The van der Waals surface area contributed by atoms with Gasteiger partial charge in [0.25, 0.3) is 0 Å². The molecule has 7 heteroatoms. The molecule has 1 aromatic heterocycles. The number of hydrogen-bond acceptors (Lipinski definition) is 4. The zero-order valence-electron chi connectivity index (χ0n) is 13.7. The number of aromatic nitrogens is 1. The van der Waals surface area contributed by atoms with E-state index in [9.17, 15) is 9.59 Å². The van der Waals surface area contributed by atoms with Crippen molar-refractivity contribution in [1.82, 2.24) is 10.3 Å². The molecule has 1 atom stereocenters. The molecule has 4 N–H and O–H groups in total. The molecule has 2 aromatic carbocycles. The van der Waals surface area contributed by atoms with Gasteiger partial charge in [0.2, 0.25) is 5.91 Å². The van der Waals surface area contributed by atoms with Gasteiger partial charge >= 0.3 is 6.03 Å². The predicted octanol–water partition coefficient (Wildman–Crippen LogP) is 2.82. The fourth-order valence-electron chi connectivity index (χ4n) is 2.51. The topological polar surface area (TPSA) is 97.1 Å². The van der Waals surface area contributed by atoms with Crippen molar-refractivity contribution in [1.29, 1.82) is 0 Å². The molecule has 0 bridgehead atoms. The first-order valence-corrected chi connectivity index (χ1v) is 8.61. The van der Waals surface area contributed by atoms with Crippen molar-refractivity contribution in [3.05, 3.63) is 59.7 Å². The third-order valence-electron chi connectivity index (χ3n) is 3.69. The normalized spacial score (nSPS) is 11.9. The number of nitrogens with zero attached hydrogens (tertiary/aromatic N) is 1. The highest BCUT2D eigenvalue weighted by molar-refractivity contribution is 7.22. The Bertz CT molecular complexity index is 908. The van der Waals surface area contributed by atoms with Gasteiger partial charge in [-0.3, -0.25) is 4.79 Å². The van der Waals surface area contributed by atoms with Crippen LogP contribution in [0.5, 0.6) is 0 Å². The summed E-state index contributed by atoms with van der Waals surface area (Å²) in [6.45, 7) is 2.00. The lowest BCUT2D eigenvalue weighted by Crippen LogP contribution is -2.47. The van der Waals surface area contributed by atoms with Gasteiger partial charge in [0.1, 0.15) is 6.04 Å². The fraction of sp³-hybridized carbons (Fsp3) is 0.167. The quantitative estimate of drug-likeness (QED) is 0.657. The Morgan fingerprint density at radius 2 is 1.96 bits per heavy atom. The number of carbonyl (C=O) groups excluding carboxylic acids is 2. The van der Waals surface area contributed by atoms with E-state index in [0.717, 1.165) is 21.3 Å². The van der Waals surface area contributed by atoms with E-state index in [1.807, 2.05) is 55.5 Å². The summed E-state index contributed by atoms with van der Waals surface area (Å²) in [4.78, 5) is 28.2. The Balaban J connectivity index is 1.77. The second-order valence-corrected chi connectivity index (χ2v) is 6.76. The van der Waals surface area contributed by atoms with Crippen LogP contribution in [-0.2, 0) is 11.2 Å². The van der Waals surface area contributed by atoms with Crippen molar-refractivity contribution in [2.45, 2.75) is 19.4 Å². The minimum Gasteiger partial charge on any atom is -0.352 e. The average molecular weight is 354 g/mol. The lowest BCUT2D eigenvalue weighted by atomic mass is 10.1. The number of amides is 3. The number of fused-ring (bicyclic) bond motifs is 1. The second kappa shape index (κ2) is 7.31. The molecule has 0 saturated heterocycles. The number of nitrogens with one attached hydrogen (secondary N) is 2. The molecule has 0 aliphatic carbocycles. The SMILES string of the molecule is Cc1ccc2nc(NC(=O)[C@H](Cc3ccccc3)NC(N)=O)sc2c1. The maximum absolute atomic E-state index is 12.6. The van der Waals surface area contributed by atoms with Crippen LogP contribution in [0.2, 0.25) is 0 Å². The third-order valence-corrected chi connectivity index (χ3v) is 4.62. The number of carbonyl (C=O) groups is 2. The zero-order valence-corrected chi connectivity index (χ0v) is 14.5. The lowest BCUT2D eigenvalue weighted by molar-refractivity contribution is -0.117. The Kier molecular flexibility index (Phi) is 4.95. The van der Waals surface area contributed by atoms with E-state index >= 15 is 0 Å². The van der Waals surface area contributed by atoms with E-state index in [1.165, 1.54) is 11.3 Å². The minimum atomic E-state index is -0.770. The molecule has 3 rings (SSSR count). The Labute approximate surface area is 149 Å². The van der Waals surface area contributed by atoms with Crippen molar-refractivity contribution >= 4 is 38.6 Å². The molecule has 0 aliphatic heterocycles. The fourth-order valence-corrected chi connectivity index (χ4v) is 3.48. The second-order valence-electron chi connectivity index (χ2n) is 5.73. The summed E-state index contributed by atoms with van der Waals surface area (Å²) >= 11 is 1.40. The maximum atomic E-state index is 12.6. The zero-order chi connectivity index (χ0) is 17.8. The van der Waals surface area contributed by atoms with E-state index in [1.54, 1.807) is 0 Å². The standard InChI is InChI=1S/C18H18N4O2S/c1-11-7-8-13-15(9-11)25-18(21-13)22-16(23)14(20-17(19)24)10-12-5-3-2-4-6-12/h2-9,14H,10H2,1H3,(H3,19,20,24)(H,21,22,23)/t14-/m0/s1. The molecule has 0 fully saturated rings. The van der Waals surface area contributed by atoms with Crippen LogP contribution in [0.15, 0.2) is 48.5 Å². The van der Waals surface area contributed by atoms with Gasteiger partial charge in [-0.1, -0.05) is 47.7 Å². The molecule has 3 amide bonds. The van der Waals surface area contributed by atoms with Gasteiger partial charge in [-0.05, 0) is 30.2 Å². The number of anilines is 1. The van der Waals surface area contributed by atoms with Crippen LogP contribution in [0.1, 0.15) is 11.1 Å². The van der Waals surface area contributed by atoms with Crippen LogP contribution < -0.4 is 16.4 Å². The van der Waals surface area contributed by atoms with Crippen LogP contribution in [0.4, 0.5) is 9.93 Å². The molecule has 1 heterocycles. The van der Waals surface area contributed by atoms with E-state index in [2.05, 4.69) is 15.6 Å². The molecule has 6 nitrogen and oxygen atoms in total. The number of urea groups is 1. The van der Waals surface area contributed by atoms with Crippen molar-refractivity contribution < 1.29 is 9.59 Å². The van der Waals surface area contributed by atoms with Gasteiger partial charge in [-0.15, -0.1) is 0 Å². The monoisotopic (exact) mass is 354 g/mol. The summed E-state index contributed by atoms with van der Waals surface area (Å²) in [6.07, 6.45) is 0.347. The van der Waals surface area contributed by atoms with Crippen LogP contribution in [0.25, 0.3) is 10.2 Å². The van der Waals surface area contributed by atoms with Gasteiger partial charge in [-0.25, -0.2) is 9.78 Å². The third kappa shape index (κ3) is 4.33. The van der Waals surface area contributed by atoms with Gasteiger partial charge in [0.15, 0.2) is 5.13 Å². The Morgan fingerprint density at radius 1 is 1.20 bits per heavy atom. The minimum absolute atomic E-state index is 0.347. The van der Waals surface area contributed by atoms with Crippen molar-refractivity contribution in [2.24, 2.45) is 5.73 Å². The molecule has 0 saturated carbocycles. The molecule has 0 aliphatic rings. The summed E-state index contributed by atoms with van der Waals surface area (Å²) < 4.78 is 0.998. The molecule has 0 radical (unpaired) electrons. The number of hydrogen-bond donors (Lipinski definition) is 3. The first kappa shape index (κ1) is 16.9. The van der Waals surface area contributed by atoms with Crippen molar-refractivity contribution in [3.8, 4) is 0 Å². The van der Waals surface area contributed by atoms with Crippen LogP contribution >= 0.6 is 11.3 Å². The van der Waals surface area contributed by atoms with Crippen LogP contribution in [0.3, 0.4) is 0 Å². The van der Waals surface area contributed by atoms with E-state index in [4.69, 9.17) is 5.73 Å². The number of aryl methyl sites for hydroxylation is 1. The van der Waals surface area contributed by atoms with Gasteiger partial charge < -0.3 is 16.4 Å². The highest BCUT2D eigenvalue weighted by Gasteiger charge is 2.21.